The zero-order valence-electron chi connectivity index (χ0n) is 11.9. The van der Waals surface area contributed by atoms with Gasteiger partial charge in [0.2, 0.25) is 11.8 Å². The van der Waals surface area contributed by atoms with Crippen molar-refractivity contribution in [2.24, 2.45) is 0 Å². The van der Waals surface area contributed by atoms with Gasteiger partial charge in [-0.2, -0.15) is 0 Å². The molecular weight excluding hydrogens is 264 g/mol. The van der Waals surface area contributed by atoms with Crippen molar-refractivity contribution in [3.8, 4) is 0 Å². The Morgan fingerprint density at radius 1 is 0.762 bits per heavy atom. The summed E-state index contributed by atoms with van der Waals surface area (Å²) in [6.45, 7) is 4.07. The van der Waals surface area contributed by atoms with Crippen molar-refractivity contribution in [1.29, 1.82) is 0 Å². The highest BCUT2D eigenvalue weighted by molar-refractivity contribution is 5.74. The number of benzene rings is 2. The Hall–Kier alpha value is -2.62. The van der Waals surface area contributed by atoms with Gasteiger partial charge in [0.15, 0.2) is 11.2 Å². The third-order valence-corrected chi connectivity index (χ3v) is 3.48. The fourth-order valence-corrected chi connectivity index (χ4v) is 2.44. The van der Waals surface area contributed by atoms with Gasteiger partial charge in [0.25, 0.3) is 0 Å². The van der Waals surface area contributed by atoms with Crippen molar-refractivity contribution in [2.45, 2.75) is 20.3 Å². The maximum absolute atomic E-state index is 5.76. The van der Waals surface area contributed by atoms with Crippen molar-refractivity contribution < 1.29 is 8.83 Å². The predicted molar refractivity (Wildman–Crippen MR) is 80.3 cm³/mol. The van der Waals surface area contributed by atoms with E-state index in [1.807, 2.05) is 50.2 Å². The zero-order valence-corrected chi connectivity index (χ0v) is 11.9. The van der Waals surface area contributed by atoms with Gasteiger partial charge in [0.05, 0.1) is 0 Å². The first-order chi connectivity index (χ1) is 10.2. The normalized spacial score (nSPS) is 11.5. The van der Waals surface area contributed by atoms with Crippen LogP contribution in [-0.4, -0.2) is 9.97 Å². The highest BCUT2D eigenvalue weighted by atomic mass is 16.4. The molecule has 2 heterocycles. The summed E-state index contributed by atoms with van der Waals surface area (Å²) in [5.41, 5.74) is 5.64. The molecule has 0 atom stereocenters. The topological polar surface area (TPSA) is 52.1 Å². The van der Waals surface area contributed by atoms with Crippen LogP contribution in [0.25, 0.3) is 22.2 Å². The minimum atomic E-state index is 0.460. The summed E-state index contributed by atoms with van der Waals surface area (Å²) in [6, 6.07) is 12.0. The highest BCUT2D eigenvalue weighted by Crippen LogP contribution is 2.21. The van der Waals surface area contributed by atoms with E-state index in [0.29, 0.717) is 18.2 Å². The second-order valence-corrected chi connectivity index (χ2v) is 5.33. The molecule has 0 radical (unpaired) electrons. The lowest BCUT2D eigenvalue weighted by Gasteiger charge is -1.89. The van der Waals surface area contributed by atoms with Crippen LogP contribution >= 0.6 is 0 Å². The second-order valence-electron chi connectivity index (χ2n) is 5.33. The van der Waals surface area contributed by atoms with Crippen LogP contribution in [0, 0.1) is 13.8 Å². The lowest BCUT2D eigenvalue weighted by atomic mass is 10.2. The van der Waals surface area contributed by atoms with Gasteiger partial charge in [0, 0.05) is 0 Å². The summed E-state index contributed by atoms with van der Waals surface area (Å²) in [4.78, 5) is 8.94. The van der Waals surface area contributed by atoms with Gasteiger partial charge in [-0.1, -0.05) is 12.1 Å². The molecule has 4 nitrogen and oxygen atoms in total. The van der Waals surface area contributed by atoms with E-state index in [2.05, 4.69) is 9.97 Å². The van der Waals surface area contributed by atoms with Gasteiger partial charge in [-0.05, 0) is 49.2 Å². The predicted octanol–water partition coefficient (Wildman–Crippen LogP) is 4.18. The van der Waals surface area contributed by atoms with Gasteiger partial charge in [0.1, 0.15) is 17.5 Å². The molecule has 0 aliphatic heterocycles. The minimum absolute atomic E-state index is 0.460. The Bertz CT molecular complexity index is 872. The third-order valence-electron chi connectivity index (χ3n) is 3.48. The number of hydrogen-bond donors (Lipinski definition) is 0. The Labute approximate surface area is 121 Å². The van der Waals surface area contributed by atoms with E-state index in [1.165, 1.54) is 0 Å². The first kappa shape index (κ1) is 12.1. The molecule has 0 fully saturated rings. The maximum atomic E-state index is 5.76. The Kier molecular flexibility index (Phi) is 2.57. The summed E-state index contributed by atoms with van der Waals surface area (Å²) in [5, 5.41) is 0. The van der Waals surface area contributed by atoms with Crippen molar-refractivity contribution in [3.63, 3.8) is 0 Å². The van der Waals surface area contributed by atoms with E-state index in [9.17, 15) is 0 Å². The molecule has 0 spiro atoms. The zero-order chi connectivity index (χ0) is 14.4. The van der Waals surface area contributed by atoms with E-state index in [-0.39, 0.29) is 0 Å². The number of aromatic nitrogens is 2. The molecule has 0 saturated heterocycles. The first-order valence-corrected chi connectivity index (χ1v) is 6.89. The van der Waals surface area contributed by atoms with Crippen molar-refractivity contribution in [2.75, 3.05) is 0 Å². The monoisotopic (exact) mass is 278 g/mol. The van der Waals surface area contributed by atoms with Crippen molar-refractivity contribution in [3.05, 3.63) is 59.3 Å². The molecule has 0 amide bonds. The summed E-state index contributed by atoms with van der Waals surface area (Å²) in [7, 11) is 0. The van der Waals surface area contributed by atoms with Gasteiger partial charge in [-0.3, -0.25) is 0 Å². The average molecular weight is 278 g/mol. The first-order valence-electron chi connectivity index (χ1n) is 6.89. The molecule has 0 aliphatic rings. The van der Waals surface area contributed by atoms with Gasteiger partial charge in [-0.15, -0.1) is 0 Å². The average Bonchev–Trinajstić information content (AvgIpc) is 3.00. The SMILES string of the molecule is Cc1ccc2nc(Cc3nc4ccc(C)cc4o3)oc2c1. The lowest BCUT2D eigenvalue weighted by Crippen LogP contribution is -1.87. The molecule has 104 valence electrons. The summed E-state index contributed by atoms with van der Waals surface area (Å²) in [5.74, 6) is 1.25. The molecule has 4 heteroatoms. The number of fused-ring (bicyclic) bond motifs is 2. The van der Waals surface area contributed by atoms with Crippen molar-refractivity contribution in [1.82, 2.24) is 9.97 Å². The Morgan fingerprint density at radius 3 is 1.71 bits per heavy atom. The van der Waals surface area contributed by atoms with Crippen LogP contribution in [0.5, 0.6) is 0 Å². The number of rotatable bonds is 2. The Balaban J connectivity index is 1.71. The smallest absolute Gasteiger partial charge is 0.204 e. The van der Waals surface area contributed by atoms with E-state index >= 15 is 0 Å². The van der Waals surface area contributed by atoms with Gasteiger partial charge in [-0.25, -0.2) is 9.97 Å². The molecule has 0 aliphatic carbocycles. The summed E-state index contributed by atoms with van der Waals surface area (Å²) in [6.07, 6.45) is 0.460. The minimum Gasteiger partial charge on any atom is -0.440 e. The van der Waals surface area contributed by atoms with Crippen molar-refractivity contribution >= 4 is 22.2 Å². The van der Waals surface area contributed by atoms with Crippen LogP contribution < -0.4 is 0 Å². The largest absolute Gasteiger partial charge is 0.440 e. The van der Waals surface area contributed by atoms with Crippen LogP contribution in [-0.2, 0) is 6.42 Å². The Morgan fingerprint density at radius 2 is 1.24 bits per heavy atom. The molecule has 4 aromatic rings. The van der Waals surface area contributed by atoms with E-state index in [0.717, 1.165) is 33.3 Å². The number of hydrogen-bond acceptors (Lipinski definition) is 4. The fourth-order valence-electron chi connectivity index (χ4n) is 2.44. The van der Waals surface area contributed by atoms with E-state index in [4.69, 9.17) is 8.83 Å². The van der Waals surface area contributed by atoms with E-state index < -0.39 is 0 Å². The van der Waals surface area contributed by atoms with Gasteiger partial charge < -0.3 is 8.83 Å². The molecule has 4 rings (SSSR count). The summed E-state index contributed by atoms with van der Waals surface area (Å²) < 4.78 is 11.5. The molecule has 2 aromatic heterocycles. The molecule has 0 unspecified atom stereocenters. The van der Waals surface area contributed by atoms with Crippen LogP contribution in [0.1, 0.15) is 22.9 Å². The van der Waals surface area contributed by atoms with E-state index in [1.54, 1.807) is 0 Å². The molecule has 2 aromatic carbocycles. The maximum Gasteiger partial charge on any atom is 0.204 e. The molecule has 21 heavy (non-hydrogen) atoms. The van der Waals surface area contributed by atoms with Crippen LogP contribution in [0.4, 0.5) is 0 Å². The second kappa shape index (κ2) is 4.45. The standard InChI is InChI=1S/C17H14N2O2/c1-10-3-5-12-14(7-10)20-16(18-12)9-17-19-13-6-4-11(2)8-15(13)21-17/h3-8H,9H2,1-2H3. The van der Waals surface area contributed by atoms with Gasteiger partial charge >= 0.3 is 0 Å². The number of nitrogens with zero attached hydrogens (tertiary/aromatic N) is 2. The fraction of sp³-hybridized carbons (Fsp3) is 0.176. The van der Waals surface area contributed by atoms with Crippen LogP contribution in [0.15, 0.2) is 45.2 Å². The molecular formula is C17H14N2O2. The number of oxazole rings is 2. The highest BCUT2D eigenvalue weighted by Gasteiger charge is 2.11. The van der Waals surface area contributed by atoms with Crippen LogP contribution in [0.3, 0.4) is 0 Å². The third kappa shape index (κ3) is 2.18. The molecule has 0 bridgehead atoms. The molecule has 0 saturated carbocycles. The number of aryl methyl sites for hydroxylation is 2. The van der Waals surface area contributed by atoms with Crippen LogP contribution in [0.2, 0.25) is 0 Å². The molecule has 0 N–H and O–H groups in total. The summed E-state index contributed by atoms with van der Waals surface area (Å²) >= 11 is 0. The quantitative estimate of drug-likeness (QED) is 0.552. The lowest BCUT2D eigenvalue weighted by molar-refractivity contribution is 0.488.